The molecule has 0 aliphatic heterocycles. The van der Waals surface area contributed by atoms with Crippen molar-refractivity contribution in [1.29, 1.82) is 0 Å². The lowest BCUT2D eigenvalue weighted by atomic mass is 10.2. The number of nitrogens with zero attached hydrogens (tertiary/aromatic N) is 2. The van der Waals surface area contributed by atoms with Crippen molar-refractivity contribution < 1.29 is 4.79 Å². The highest BCUT2D eigenvalue weighted by molar-refractivity contribution is 6.11. The number of allylic oxidation sites excluding steroid dienone is 2. The lowest BCUT2D eigenvalue weighted by molar-refractivity contribution is 0.100. The van der Waals surface area contributed by atoms with E-state index in [0.29, 0.717) is 5.56 Å². The van der Waals surface area contributed by atoms with Gasteiger partial charge in [-0.1, -0.05) is 24.3 Å². The zero-order valence-electron chi connectivity index (χ0n) is 10.9. The molecule has 0 atom stereocenters. The number of rotatable bonds is 2. The first-order chi connectivity index (χ1) is 9.04. The average Bonchev–Trinajstić information content (AvgIpc) is 2.76. The molecule has 0 unspecified atom stereocenters. The lowest BCUT2D eigenvalue weighted by Crippen LogP contribution is -2.24. The van der Waals surface area contributed by atoms with Crippen LogP contribution >= 0.6 is 0 Å². The van der Waals surface area contributed by atoms with E-state index in [1.165, 1.54) is 0 Å². The standard InChI is InChI=1S/C14H16N4O/c1-3-9(2)18-8-11(13(19)17-14(15)16)10-6-4-5-7-12(10)18/h3-8H,1-2H3,(H4,15,16,17,19)/b9-3+. The van der Waals surface area contributed by atoms with Gasteiger partial charge in [-0.15, -0.1) is 0 Å². The molecule has 0 bridgehead atoms. The van der Waals surface area contributed by atoms with Crippen molar-refractivity contribution in [2.24, 2.45) is 16.5 Å². The molecule has 98 valence electrons. The molecule has 0 saturated heterocycles. The summed E-state index contributed by atoms with van der Waals surface area (Å²) in [6, 6.07) is 7.64. The third-order valence-electron chi connectivity index (χ3n) is 2.97. The highest BCUT2D eigenvalue weighted by Crippen LogP contribution is 2.24. The Labute approximate surface area is 111 Å². The first-order valence-corrected chi connectivity index (χ1v) is 5.92. The summed E-state index contributed by atoms with van der Waals surface area (Å²) in [5, 5.41) is 0.832. The van der Waals surface area contributed by atoms with E-state index < -0.39 is 5.91 Å². The molecule has 0 spiro atoms. The van der Waals surface area contributed by atoms with Crippen molar-refractivity contribution in [3.63, 3.8) is 0 Å². The number of fused-ring (bicyclic) bond motifs is 1. The van der Waals surface area contributed by atoms with Crippen LogP contribution in [-0.2, 0) is 0 Å². The maximum absolute atomic E-state index is 12.0. The molecule has 1 heterocycles. The van der Waals surface area contributed by atoms with Gasteiger partial charge in [0.05, 0.1) is 11.1 Å². The van der Waals surface area contributed by atoms with E-state index >= 15 is 0 Å². The summed E-state index contributed by atoms with van der Waals surface area (Å²) in [5.74, 6) is -0.663. The molecule has 0 radical (unpaired) electrons. The summed E-state index contributed by atoms with van der Waals surface area (Å²) in [5.41, 5.74) is 13.0. The van der Waals surface area contributed by atoms with E-state index in [1.54, 1.807) is 6.20 Å². The van der Waals surface area contributed by atoms with Crippen molar-refractivity contribution >= 4 is 28.5 Å². The third kappa shape index (κ3) is 2.35. The minimum Gasteiger partial charge on any atom is -0.370 e. The van der Waals surface area contributed by atoms with Crippen molar-refractivity contribution in [1.82, 2.24) is 4.57 Å². The summed E-state index contributed by atoms with van der Waals surface area (Å²) in [6.45, 7) is 3.92. The Hall–Kier alpha value is -2.56. The van der Waals surface area contributed by atoms with Gasteiger partial charge in [-0.3, -0.25) is 4.79 Å². The molecular formula is C14H16N4O. The quantitative estimate of drug-likeness (QED) is 0.636. The van der Waals surface area contributed by atoms with Gasteiger partial charge >= 0.3 is 0 Å². The first-order valence-electron chi connectivity index (χ1n) is 5.92. The summed E-state index contributed by atoms with van der Waals surface area (Å²) in [4.78, 5) is 15.6. The maximum atomic E-state index is 12.0. The zero-order chi connectivity index (χ0) is 14.0. The minimum atomic E-state index is -0.432. The van der Waals surface area contributed by atoms with Crippen LogP contribution in [0.3, 0.4) is 0 Å². The molecule has 19 heavy (non-hydrogen) atoms. The van der Waals surface area contributed by atoms with Crippen LogP contribution in [0.1, 0.15) is 24.2 Å². The van der Waals surface area contributed by atoms with E-state index in [2.05, 4.69) is 4.99 Å². The fraction of sp³-hybridized carbons (Fsp3) is 0.143. The zero-order valence-corrected chi connectivity index (χ0v) is 10.9. The normalized spacial score (nSPS) is 11.6. The van der Waals surface area contributed by atoms with Crippen LogP contribution in [0.4, 0.5) is 0 Å². The first kappa shape index (κ1) is 12.9. The molecule has 5 heteroatoms. The highest BCUT2D eigenvalue weighted by Gasteiger charge is 2.14. The number of aromatic nitrogens is 1. The summed E-state index contributed by atoms with van der Waals surface area (Å²) in [6.07, 6.45) is 3.73. The average molecular weight is 256 g/mol. The summed E-state index contributed by atoms with van der Waals surface area (Å²) in [7, 11) is 0. The molecule has 1 aromatic carbocycles. The number of nitrogens with two attached hydrogens (primary N) is 2. The van der Waals surface area contributed by atoms with Crippen LogP contribution in [0.25, 0.3) is 16.6 Å². The van der Waals surface area contributed by atoms with Gasteiger partial charge < -0.3 is 16.0 Å². The summed E-state index contributed by atoms with van der Waals surface area (Å²) < 4.78 is 1.95. The van der Waals surface area contributed by atoms with Gasteiger partial charge in [0.15, 0.2) is 5.96 Å². The van der Waals surface area contributed by atoms with Crippen LogP contribution in [0.2, 0.25) is 0 Å². The number of carbonyl (C=O) groups is 1. The molecule has 1 aromatic heterocycles. The van der Waals surface area contributed by atoms with Gasteiger partial charge in [-0.2, -0.15) is 4.99 Å². The van der Waals surface area contributed by atoms with Crippen LogP contribution in [0, 0.1) is 0 Å². The number of carbonyl (C=O) groups excluding carboxylic acids is 1. The van der Waals surface area contributed by atoms with E-state index in [9.17, 15) is 4.79 Å². The van der Waals surface area contributed by atoms with Crippen LogP contribution in [-0.4, -0.2) is 16.4 Å². The fourth-order valence-electron chi connectivity index (χ4n) is 1.96. The molecule has 0 aliphatic carbocycles. The van der Waals surface area contributed by atoms with Crippen LogP contribution in [0.5, 0.6) is 0 Å². The van der Waals surface area contributed by atoms with E-state index in [-0.39, 0.29) is 5.96 Å². The van der Waals surface area contributed by atoms with Gasteiger partial charge in [0, 0.05) is 17.3 Å². The van der Waals surface area contributed by atoms with Crippen molar-refractivity contribution in [3.05, 3.63) is 42.1 Å². The molecule has 2 aromatic rings. The number of benzene rings is 1. The van der Waals surface area contributed by atoms with E-state index in [0.717, 1.165) is 16.6 Å². The van der Waals surface area contributed by atoms with Crippen molar-refractivity contribution in [2.75, 3.05) is 0 Å². The van der Waals surface area contributed by atoms with E-state index in [1.807, 2.05) is 48.8 Å². The van der Waals surface area contributed by atoms with Gasteiger partial charge in [0.25, 0.3) is 5.91 Å². The molecule has 0 fully saturated rings. The Morgan fingerprint density at radius 1 is 1.32 bits per heavy atom. The van der Waals surface area contributed by atoms with Crippen molar-refractivity contribution in [3.8, 4) is 0 Å². The molecule has 2 rings (SSSR count). The Balaban J connectivity index is 2.70. The second kappa shape index (κ2) is 4.97. The number of amides is 1. The SMILES string of the molecule is C/C=C(\C)n1cc(C(=O)N=C(N)N)c2ccccc21. The number of hydrogen-bond acceptors (Lipinski definition) is 1. The molecule has 0 aliphatic rings. The smallest absolute Gasteiger partial charge is 0.282 e. The van der Waals surface area contributed by atoms with E-state index in [4.69, 9.17) is 11.5 Å². The van der Waals surface area contributed by atoms with Gasteiger partial charge in [-0.05, 0) is 19.9 Å². The van der Waals surface area contributed by atoms with Gasteiger partial charge in [0.1, 0.15) is 0 Å². The molecule has 1 amide bonds. The highest BCUT2D eigenvalue weighted by atomic mass is 16.1. The number of aliphatic imine (C=N–C) groups is 1. The van der Waals surface area contributed by atoms with Crippen molar-refractivity contribution in [2.45, 2.75) is 13.8 Å². The topological polar surface area (TPSA) is 86.4 Å². The molecular weight excluding hydrogens is 240 g/mol. The molecule has 4 N–H and O–H groups in total. The Kier molecular flexibility index (Phi) is 3.37. The second-order valence-electron chi connectivity index (χ2n) is 4.20. The lowest BCUT2D eigenvalue weighted by Gasteiger charge is -2.03. The monoisotopic (exact) mass is 256 g/mol. The Bertz CT molecular complexity index is 691. The van der Waals surface area contributed by atoms with Crippen LogP contribution < -0.4 is 11.5 Å². The maximum Gasteiger partial charge on any atom is 0.282 e. The minimum absolute atomic E-state index is 0.232. The van der Waals surface area contributed by atoms with Gasteiger partial charge in [0.2, 0.25) is 0 Å². The van der Waals surface area contributed by atoms with Gasteiger partial charge in [-0.25, -0.2) is 0 Å². The second-order valence-corrected chi connectivity index (χ2v) is 4.20. The number of para-hydroxylation sites is 1. The number of guanidine groups is 1. The Morgan fingerprint density at radius 2 is 2.00 bits per heavy atom. The number of hydrogen-bond donors (Lipinski definition) is 2. The largest absolute Gasteiger partial charge is 0.370 e. The molecule has 5 nitrogen and oxygen atoms in total. The van der Waals surface area contributed by atoms with Crippen LogP contribution in [0.15, 0.2) is 41.5 Å². The summed E-state index contributed by atoms with van der Waals surface area (Å²) >= 11 is 0. The predicted molar refractivity (Wildman–Crippen MR) is 77.7 cm³/mol. The molecule has 0 saturated carbocycles. The predicted octanol–water partition coefficient (Wildman–Crippen LogP) is 1.94. The third-order valence-corrected chi connectivity index (χ3v) is 2.97. The fourth-order valence-corrected chi connectivity index (χ4v) is 1.96. The Morgan fingerprint density at radius 3 is 2.63 bits per heavy atom.